The number of rotatable bonds is 0. The SMILES string of the molecule is O=S(=O)([O-])[O-].[Mg+2].c1ccncc1. The number of pyridine rings is 1. The van der Waals surface area contributed by atoms with Gasteiger partial charge in [0.25, 0.3) is 0 Å². The van der Waals surface area contributed by atoms with Crippen molar-refractivity contribution < 1.29 is 17.5 Å². The Kier molecular flexibility index (Phi) is 8.87. The predicted molar refractivity (Wildman–Crippen MR) is 40.5 cm³/mol. The number of nitrogens with zero attached hydrogens (tertiary/aromatic N) is 1. The fourth-order valence-electron chi connectivity index (χ4n) is 0.313. The van der Waals surface area contributed by atoms with E-state index in [9.17, 15) is 0 Å². The zero-order valence-corrected chi connectivity index (χ0v) is 8.31. The van der Waals surface area contributed by atoms with E-state index in [-0.39, 0.29) is 23.1 Å². The van der Waals surface area contributed by atoms with Crippen LogP contribution >= 0.6 is 0 Å². The zero-order chi connectivity index (χ0) is 8.74. The second-order valence-corrected chi connectivity index (χ2v) is 2.25. The van der Waals surface area contributed by atoms with Crippen LogP contribution < -0.4 is 0 Å². The normalized spacial score (nSPS) is 8.83. The second kappa shape index (κ2) is 7.44. The molecule has 0 aliphatic carbocycles. The summed E-state index contributed by atoms with van der Waals surface area (Å²) in [4.78, 5) is 3.78. The van der Waals surface area contributed by atoms with Crippen LogP contribution in [0.2, 0.25) is 0 Å². The first-order valence-corrected chi connectivity index (χ1v) is 3.85. The summed E-state index contributed by atoms with van der Waals surface area (Å²) >= 11 is 0. The molecule has 0 aromatic carbocycles. The Labute approximate surface area is 86.6 Å². The first-order valence-electron chi connectivity index (χ1n) is 2.52. The molecular formula is C5H5MgNO4S. The molecule has 62 valence electrons. The van der Waals surface area contributed by atoms with E-state index in [2.05, 4.69) is 4.98 Å². The number of hydrogen-bond donors (Lipinski definition) is 0. The van der Waals surface area contributed by atoms with Crippen molar-refractivity contribution in [3.05, 3.63) is 30.6 Å². The molecule has 0 spiro atoms. The Morgan fingerprint density at radius 3 is 1.42 bits per heavy atom. The summed E-state index contributed by atoms with van der Waals surface area (Å²) in [6.45, 7) is 0. The summed E-state index contributed by atoms with van der Waals surface area (Å²) in [5.74, 6) is 0. The van der Waals surface area contributed by atoms with Gasteiger partial charge in [-0.3, -0.25) is 13.4 Å². The smallest absolute Gasteiger partial charge is 0.759 e. The molecule has 1 heterocycles. The third-order valence-electron chi connectivity index (χ3n) is 0.566. The molecule has 0 fully saturated rings. The molecule has 12 heavy (non-hydrogen) atoms. The Balaban J connectivity index is 0. The van der Waals surface area contributed by atoms with Crippen molar-refractivity contribution in [2.45, 2.75) is 0 Å². The fraction of sp³-hybridized carbons (Fsp3) is 0. The molecule has 0 atom stereocenters. The van der Waals surface area contributed by atoms with Gasteiger partial charge < -0.3 is 9.11 Å². The van der Waals surface area contributed by atoms with Crippen LogP contribution in [0.25, 0.3) is 0 Å². The van der Waals surface area contributed by atoms with Crippen LogP contribution in [0.5, 0.6) is 0 Å². The van der Waals surface area contributed by atoms with Gasteiger partial charge >= 0.3 is 23.1 Å². The van der Waals surface area contributed by atoms with Crippen LogP contribution in [0.4, 0.5) is 0 Å². The van der Waals surface area contributed by atoms with Gasteiger partial charge in [-0.15, -0.1) is 0 Å². The van der Waals surface area contributed by atoms with Crippen molar-refractivity contribution in [2.75, 3.05) is 0 Å². The Hall–Kier alpha value is -0.214. The van der Waals surface area contributed by atoms with E-state index in [1.165, 1.54) is 0 Å². The van der Waals surface area contributed by atoms with Crippen LogP contribution in [-0.2, 0) is 10.4 Å². The maximum Gasteiger partial charge on any atom is 2.00 e. The molecule has 0 radical (unpaired) electrons. The van der Waals surface area contributed by atoms with Crippen molar-refractivity contribution in [1.82, 2.24) is 4.98 Å². The molecule has 7 heteroatoms. The maximum atomic E-state index is 8.52. The van der Waals surface area contributed by atoms with Gasteiger partial charge in [0.1, 0.15) is 0 Å². The van der Waals surface area contributed by atoms with Crippen LogP contribution in [0.1, 0.15) is 0 Å². The van der Waals surface area contributed by atoms with E-state index in [0.717, 1.165) is 0 Å². The van der Waals surface area contributed by atoms with E-state index < -0.39 is 10.4 Å². The molecule has 0 unspecified atom stereocenters. The molecule has 0 saturated carbocycles. The number of hydrogen-bond acceptors (Lipinski definition) is 5. The summed E-state index contributed by atoms with van der Waals surface area (Å²) in [6.07, 6.45) is 3.50. The van der Waals surface area contributed by atoms with Gasteiger partial charge in [-0.2, -0.15) is 0 Å². The first-order chi connectivity index (χ1) is 5.00. The molecule has 0 N–H and O–H groups in total. The molecule has 0 aliphatic rings. The van der Waals surface area contributed by atoms with Crippen LogP contribution in [-0.4, -0.2) is 45.6 Å². The molecular weight excluding hydrogens is 194 g/mol. The van der Waals surface area contributed by atoms with Gasteiger partial charge in [0, 0.05) is 22.8 Å². The minimum absolute atomic E-state index is 0. The fourth-order valence-corrected chi connectivity index (χ4v) is 0.313. The topological polar surface area (TPSA) is 93.2 Å². The van der Waals surface area contributed by atoms with Crippen LogP contribution in [0.3, 0.4) is 0 Å². The molecule has 0 saturated heterocycles. The Bertz CT molecular complexity index is 240. The van der Waals surface area contributed by atoms with E-state index in [0.29, 0.717) is 0 Å². The second-order valence-electron chi connectivity index (χ2n) is 1.43. The van der Waals surface area contributed by atoms with Gasteiger partial charge in [0.05, 0.1) is 0 Å². The minimum atomic E-state index is -5.17. The minimum Gasteiger partial charge on any atom is -0.759 e. The Morgan fingerprint density at radius 2 is 1.33 bits per heavy atom. The van der Waals surface area contributed by atoms with Gasteiger partial charge in [-0.1, -0.05) is 6.07 Å². The summed E-state index contributed by atoms with van der Waals surface area (Å²) < 4.78 is 34.1. The quantitative estimate of drug-likeness (QED) is 0.315. The van der Waals surface area contributed by atoms with Gasteiger partial charge in [0.2, 0.25) is 0 Å². The van der Waals surface area contributed by atoms with Crippen LogP contribution in [0, 0.1) is 0 Å². The first kappa shape index (κ1) is 14.3. The van der Waals surface area contributed by atoms with Gasteiger partial charge in [0.15, 0.2) is 0 Å². The zero-order valence-electron chi connectivity index (χ0n) is 6.08. The van der Waals surface area contributed by atoms with Gasteiger partial charge in [-0.25, -0.2) is 0 Å². The molecule has 1 aromatic rings. The van der Waals surface area contributed by atoms with Crippen molar-refractivity contribution in [3.63, 3.8) is 0 Å². The predicted octanol–water partition coefficient (Wildman–Crippen LogP) is -0.637. The summed E-state index contributed by atoms with van der Waals surface area (Å²) in [7, 11) is -5.17. The molecule has 5 nitrogen and oxygen atoms in total. The molecule has 0 aliphatic heterocycles. The average Bonchev–Trinajstić information content (AvgIpc) is 1.88. The van der Waals surface area contributed by atoms with Crippen molar-refractivity contribution in [1.29, 1.82) is 0 Å². The third-order valence-corrected chi connectivity index (χ3v) is 0.566. The summed E-state index contributed by atoms with van der Waals surface area (Å²) in [5, 5.41) is 0. The Morgan fingerprint density at radius 1 is 1.00 bits per heavy atom. The average molecular weight is 199 g/mol. The number of aromatic nitrogens is 1. The van der Waals surface area contributed by atoms with Crippen molar-refractivity contribution >= 4 is 33.5 Å². The van der Waals surface area contributed by atoms with E-state index in [1.54, 1.807) is 12.4 Å². The largest absolute Gasteiger partial charge is 2.00 e. The summed E-state index contributed by atoms with van der Waals surface area (Å²) in [6, 6.07) is 5.72. The molecule has 0 bridgehead atoms. The van der Waals surface area contributed by atoms with E-state index in [1.807, 2.05) is 18.2 Å². The van der Waals surface area contributed by atoms with E-state index >= 15 is 0 Å². The van der Waals surface area contributed by atoms with E-state index in [4.69, 9.17) is 17.5 Å². The van der Waals surface area contributed by atoms with Crippen LogP contribution in [0.15, 0.2) is 30.6 Å². The molecule has 1 aromatic heterocycles. The summed E-state index contributed by atoms with van der Waals surface area (Å²) in [5.41, 5.74) is 0. The van der Waals surface area contributed by atoms with Crippen molar-refractivity contribution in [3.8, 4) is 0 Å². The van der Waals surface area contributed by atoms with Gasteiger partial charge in [-0.05, 0) is 12.1 Å². The monoisotopic (exact) mass is 199 g/mol. The van der Waals surface area contributed by atoms with Crippen molar-refractivity contribution in [2.24, 2.45) is 0 Å². The molecule has 1 rings (SSSR count). The maximum absolute atomic E-state index is 8.52. The standard InChI is InChI=1S/C5H5N.Mg.H2O4S/c1-2-4-6-5-3-1;;1-5(2,3)4/h1-5H;;(H2,1,2,3,4)/q;+2;/p-2. The molecule has 0 amide bonds. The third kappa shape index (κ3) is 22.6.